The molecule has 1 aliphatic rings. The van der Waals surface area contributed by atoms with Gasteiger partial charge in [0.05, 0.1) is 12.2 Å². The Kier molecular flexibility index (Phi) is 2.84. The van der Waals surface area contributed by atoms with E-state index < -0.39 is 12.2 Å². The monoisotopic (exact) mass is 160 g/mol. The van der Waals surface area contributed by atoms with E-state index in [1.54, 1.807) is 0 Å². The molecular formula is C7H16N2O2. The molecule has 0 aromatic rings. The van der Waals surface area contributed by atoms with Crippen LogP contribution in [0, 0.1) is 0 Å². The maximum atomic E-state index is 9.15. The van der Waals surface area contributed by atoms with Gasteiger partial charge in [0.25, 0.3) is 0 Å². The SMILES string of the molecule is CC(N)CN1CC(O)C(O)C1. The number of aliphatic hydroxyl groups excluding tert-OH is 2. The zero-order valence-electron chi connectivity index (χ0n) is 6.77. The van der Waals surface area contributed by atoms with E-state index in [0.717, 1.165) is 6.54 Å². The van der Waals surface area contributed by atoms with Crippen molar-refractivity contribution in [1.29, 1.82) is 0 Å². The van der Waals surface area contributed by atoms with Gasteiger partial charge in [-0.1, -0.05) is 0 Å². The van der Waals surface area contributed by atoms with Gasteiger partial charge in [0, 0.05) is 25.7 Å². The van der Waals surface area contributed by atoms with Crippen LogP contribution in [-0.2, 0) is 0 Å². The van der Waals surface area contributed by atoms with Gasteiger partial charge >= 0.3 is 0 Å². The Morgan fingerprint density at radius 2 is 1.91 bits per heavy atom. The van der Waals surface area contributed by atoms with Crippen molar-refractivity contribution in [3.8, 4) is 0 Å². The quantitative estimate of drug-likeness (QED) is 0.453. The highest BCUT2D eigenvalue weighted by Gasteiger charge is 2.29. The molecule has 0 aliphatic carbocycles. The number of hydrogen-bond acceptors (Lipinski definition) is 4. The first kappa shape index (κ1) is 8.93. The van der Waals surface area contributed by atoms with Crippen LogP contribution in [0.25, 0.3) is 0 Å². The zero-order valence-corrected chi connectivity index (χ0v) is 6.77. The first-order valence-electron chi connectivity index (χ1n) is 3.93. The molecule has 4 heteroatoms. The van der Waals surface area contributed by atoms with E-state index in [9.17, 15) is 0 Å². The third-order valence-electron chi connectivity index (χ3n) is 1.88. The summed E-state index contributed by atoms with van der Waals surface area (Å²) in [6.07, 6.45) is -1.18. The summed E-state index contributed by atoms with van der Waals surface area (Å²) in [6.45, 7) is 3.75. The average molecular weight is 160 g/mol. The highest BCUT2D eigenvalue weighted by Crippen LogP contribution is 2.09. The molecule has 1 fully saturated rings. The summed E-state index contributed by atoms with van der Waals surface area (Å²) < 4.78 is 0. The van der Waals surface area contributed by atoms with Crippen molar-refractivity contribution < 1.29 is 10.2 Å². The highest BCUT2D eigenvalue weighted by molar-refractivity contribution is 4.84. The summed E-state index contributed by atoms with van der Waals surface area (Å²) in [5, 5.41) is 18.3. The van der Waals surface area contributed by atoms with Gasteiger partial charge in [-0.2, -0.15) is 0 Å². The minimum Gasteiger partial charge on any atom is -0.389 e. The molecule has 3 atom stereocenters. The molecular weight excluding hydrogens is 144 g/mol. The van der Waals surface area contributed by atoms with Crippen LogP contribution in [0.5, 0.6) is 0 Å². The van der Waals surface area contributed by atoms with Gasteiger partial charge in [-0.05, 0) is 6.92 Å². The molecule has 0 aromatic heterocycles. The van der Waals surface area contributed by atoms with E-state index in [-0.39, 0.29) is 6.04 Å². The maximum Gasteiger partial charge on any atom is 0.0938 e. The van der Waals surface area contributed by atoms with E-state index in [4.69, 9.17) is 15.9 Å². The minimum absolute atomic E-state index is 0.104. The Morgan fingerprint density at radius 1 is 1.45 bits per heavy atom. The van der Waals surface area contributed by atoms with Gasteiger partial charge in [0.15, 0.2) is 0 Å². The van der Waals surface area contributed by atoms with Crippen molar-refractivity contribution in [2.75, 3.05) is 19.6 Å². The molecule has 11 heavy (non-hydrogen) atoms. The van der Waals surface area contributed by atoms with E-state index in [1.807, 2.05) is 11.8 Å². The topological polar surface area (TPSA) is 69.7 Å². The Hall–Kier alpha value is -0.160. The number of β-amino-alcohol motifs (C(OH)–C–C–N with tert-alkyl or cyclic N) is 2. The first-order chi connectivity index (χ1) is 5.09. The third-order valence-corrected chi connectivity index (χ3v) is 1.88. The Balaban J connectivity index is 2.29. The van der Waals surface area contributed by atoms with Gasteiger partial charge < -0.3 is 15.9 Å². The Bertz CT molecular complexity index is 117. The minimum atomic E-state index is -0.589. The van der Waals surface area contributed by atoms with E-state index in [0.29, 0.717) is 13.1 Å². The fourth-order valence-corrected chi connectivity index (χ4v) is 1.40. The van der Waals surface area contributed by atoms with E-state index >= 15 is 0 Å². The molecule has 4 N–H and O–H groups in total. The number of aliphatic hydroxyl groups is 2. The number of hydrogen-bond donors (Lipinski definition) is 3. The van der Waals surface area contributed by atoms with Gasteiger partial charge in [-0.3, -0.25) is 4.90 Å². The number of nitrogens with zero attached hydrogens (tertiary/aromatic N) is 1. The Labute approximate surface area is 66.6 Å². The molecule has 0 saturated carbocycles. The molecule has 0 radical (unpaired) electrons. The van der Waals surface area contributed by atoms with Crippen LogP contribution in [0.2, 0.25) is 0 Å². The molecule has 4 nitrogen and oxygen atoms in total. The molecule has 3 unspecified atom stereocenters. The summed E-state index contributed by atoms with van der Waals surface area (Å²) in [6, 6.07) is 0.104. The van der Waals surface area contributed by atoms with Gasteiger partial charge in [-0.15, -0.1) is 0 Å². The molecule has 0 aromatic carbocycles. The summed E-state index contributed by atoms with van der Waals surface area (Å²) in [5.41, 5.74) is 5.56. The number of likely N-dealkylation sites (tertiary alicyclic amines) is 1. The van der Waals surface area contributed by atoms with Crippen molar-refractivity contribution in [3.63, 3.8) is 0 Å². The normalized spacial score (nSPS) is 36.0. The van der Waals surface area contributed by atoms with Crippen molar-refractivity contribution in [2.24, 2.45) is 5.73 Å². The maximum absolute atomic E-state index is 9.15. The molecule has 66 valence electrons. The Morgan fingerprint density at radius 3 is 2.27 bits per heavy atom. The standard InChI is InChI=1S/C7H16N2O2/c1-5(8)2-9-3-6(10)7(11)4-9/h5-7,10-11H,2-4,8H2,1H3. The second-order valence-electron chi connectivity index (χ2n) is 3.33. The van der Waals surface area contributed by atoms with E-state index in [1.165, 1.54) is 0 Å². The predicted molar refractivity (Wildman–Crippen MR) is 42.1 cm³/mol. The molecule has 0 spiro atoms. The summed E-state index contributed by atoms with van der Waals surface area (Å²) in [5.74, 6) is 0. The highest BCUT2D eigenvalue weighted by atomic mass is 16.3. The second kappa shape index (κ2) is 3.49. The van der Waals surface area contributed by atoms with Crippen LogP contribution < -0.4 is 5.73 Å². The molecule has 1 aliphatic heterocycles. The molecule has 1 rings (SSSR count). The van der Waals surface area contributed by atoms with E-state index in [2.05, 4.69) is 0 Å². The first-order valence-corrected chi connectivity index (χ1v) is 3.93. The van der Waals surface area contributed by atoms with Crippen LogP contribution in [-0.4, -0.2) is 53.0 Å². The predicted octanol–water partition coefficient (Wildman–Crippen LogP) is -1.63. The van der Waals surface area contributed by atoms with Crippen LogP contribution >= 0.6 is 0 Å². The zero-order chi connectivity index (χ0) is 8.43. The average Bonchev–Trinajstić information content (AvgIpc) is 2.10. The third kappa shape index (κ3) is 2.41. The second-order valence-corrected chi connectivity index (χ2v) is 3.33. The van der Waals surface area contributed by atoms with Crippen LogP contribution in [0.3, 0.4) is 0 Å². The van der Waals surface area contributed by atoms with Crippen LogP contribution in [0.15, 0.2) is 0 Å². The lowest BCUT2D eigenvalue weighted by Gasteiger charge is -2.16. The van der Waals surface area contributed by atoms with Crippen LogP contribution in [0.1, 0.15) is 6.92 Å². The summed E-state index contributed by atoms with van der Waals surface area (Å²) >= 11 is 0. The number of nitrogens with two attached hydrogens (primary N) is 1. The lowest BCUT2D eigenvalue weighted by molar-refractivity contribution is 0.0572. The molecule has 1 heterocycles. The fourth-order valence-electron chi connectivity index (χ4n) is 1.40. The summed E-state index contributed by atoms with van der Waals surface area (Å²) in [7, 11) is 0. The van der Waals surface area contributed by atoms with Crippen molar-refractivity contribution in [2.45, 2.75) is 25.2 Å². The summed E-state index contributed by atoms with van der Waals surface area (Å²) in [4.78, 5) is 1.97. The number of rotatable bonds is 2. The van der Waals surface area contributed by atoms with Crippen molar-refractivity contribution >= 4 is 0 Å². The van der Waals surface area contributed by atoms with Gasteiger partial charge in [-0.25, -0.2) is 0 Å². The lowest BCUT2D eigenvalue weighted by Crippen LogP contribution is -2.34. The van der Waals surface area contributed by atoms with Crippen molar-refractivity contribution in [1.82, 2.24) is 4.90 Å². The molecule has 0 bridgehead atoms. The van der Waals surface area contributed by atoms with Gasteiger partial charge in [0.1, 0.15) is 0 Å². The largest absolute Gasteiger partial charge is 0.389 e. The smallest absolute Gasteiger partial charge is 0.0938 e. The lowest BCUT2D eigenvalue weighted by atomic mass is 10.3. The van der Waals surface area contributed by atoms with Crippen LogP contribution in [0.4, 0.5) is 0 Å². The molecule has 0 amide bonds. The fraction of sp³-hybridized carbons (Fsp3) is 1.00. The molecule has 1 saturated heterocycles. The van der Waals surface area contributed by atoms with Gasteiger partial charge in [0.2, 0.25) is 0 Å². The van der Waals surface area contributed by atoms with Crippen molar-refractivity contribution in [3.05, 3.63) is 0 Å².